The molecule has 1 fully saturated rings. The predicted molar refractivity (Wildman–Crippen MR) is 115 cm³/mol. The van der Waals surface area contributed by atoms with Crippen molar-refractivity contribution in [3.05, 3.63) is 83.6 Å². The van der Waals surface area contributed by atoms with Crippen LogP contribution in [0.15, 0.2) is 72.4 Å². The SMILES string of the molecule is CC(=CC1CCN(Cc2ccccc2)CC1)C(=O)c1cn(C)c2ccccc12. The van der Waals surface area contributed by atoms with Crippen molar-refractivity contribution in [2.75, 3.05) is 13.1 Å². The van der Waals surface area contributed by atoms with E-state index in [0.717, 1.165) is 54.5 Å². The van der Waals surface area contributed by atoms with Crippen LogP contribution >= 0.6 is 0 Å². The van der Waals surface area contributed by atoms with E-state index in [1.165, 1.54) is 5.56 Å². The lowest BCUT2D eigenvalue weighted by Crippen LogP contribution is -2.32. The molecule has 0 N–H and O–H groups in total. The van der Waals surface area contributed by atoms with Crippen LogP contribution in [0.1, 0.15) is 35.7 Å². The first-order chi connectivity index (χ1) is 13.6. The molecule has 3 heteroatoms. The number of hydrogen-bond donors (Lipinski definition) is 0. The van der Waals surface area contributed by atoms with Crippen molar-refractivity contribution in [3.63, 3.8) is 0 Å². The van der Waals surface area contributed by atoms with Gasteiger partial charge >= 0.3 is 0 Å². The number of nitrogens with zero attached hydrogens (tertiary/aromatic N) is 2. The van der Waals surface area contributed by atoms with Gasteiger partial charge < -0.3 is 4.57 Å². The summed E-state index contributed by atoms with van der Waals surface area (Å²) in [7, 11) is 2.00. The van der Waals surface area contributed by atoms with Crippen LogP contribution in [-0.2, 0) is 13.6 Å². The van der Waals surface area contributed by atoms with Crippen LogP contribution in [0.5, 0.6) is 0 Å². The monoisotopic (exact) mass is 372 g/mol. The Morgan fingerprint density at radius 3 is 2.46 bits per heavy atom. The van der Waals surface area contributed by atoms with Gasteiger partial charge in [-0.2, -0.15) is 0 Å². The number of aryl methyl sites for hydroxylation is 1. The second-order valence-electron chi connectivity index (χ2n) is 7.95. The van der Waals surface area contributed by atoms with Gasteiger partial charge in [0.15, 0.2) is 5.78 Å². The Morgan fingerprint density at radius 1 is 1.04 bits per heavy atom. The summed E-state index contributed by atoms with van der Waals surface area (Å²) in [5.74, 6) is 0.648. The van der Waals surface area contributed by atoms with Crippen molar-refractivity contribution in [3.8, 4) is 0 Å². The van der Waals surface area contributed by atoms with Gasteiger partial charge in [-0.1, -0.05) is 54.6 Å². The van der Waals surface area contributed by atoms with Crippen LogP contribution in [0.4, 0.5) is 0 Å². The lowest BCUT2D eigenvalue weighted by atomic mass is 9.92. The molecule has 2 heterocycles. The molecular weight excluding hydrogens is 344 g/mol. The number of allylic oxidation sites excluding steroid dienone is 2. The van der Waals surface area contributed by atoms with Crippen molar-refractivity contribution in [2.24, 2.45) is 13.0 Å². The smallest absolute Gasteiger partial charge is 0.190 e. The molecule has 1 aromatic heterocycles. The molecule has 0 saturated carbocycles. The van der Waals surface area contributed by atoms with E-state index in [2.05, 4.69) is 47.4 Å². The minimum atomic E-state index is 0.156. The Morgan fingerprint density at radius 2 is 1.71 bits per heavy atom. The van der Waals surface area contributed by atoms with Crippen LogP contribution in [0.25, 0.3) is 10.9 Å². The molecule has 0 aliphatic carbocycles. The van der Waals surface area contributed by atoms with E-state index in [0.29, 0.717) is 5.92 Å². The summed E-state index contributed by atoms with van der Waals surface area (Å²) in [6, 6.07) is 18.8. The fourth-order valence-corrected chi connectivity index (χ4v) is 4.28. The summed E-state index contributed by atoms with van der Waals surface area (Å²) >= 11 is 0. The molecule has 4 rings (SSSR count). The van der Waals surface area contributed by atoms with E-state index >= 15 is 0 Å². The van der Waals surface area contributed by atoms with E-state index in [1.807, 2.05) is 42.9 Å². The number of carbonyl (C=O) groups is 1. The normalized spacial score (nSPS) is 16.6. The number of piperidine rings is 1. The second-order valence-corrected chi connectivity index (χ2v) is 7.95. The van der Waals surface area contributed by atoms with E-state index in [9.17, 15) is 4.79 Å². The number of ketones is 1. The highest BCUT2D eigenvalue weighted by atomic mass is 16.1. The predicted octanol–water partition coefficient (Wildman–Crippen LogP) is 5.22. The first-order valence-corrected chi connectivity index (χ1v) is 10.2. The summed E-state index contributed by atoms with van der Waals surface area (Å²) in [6.07, 6.45) is 6.41. The Balaban J connectivity index is 1.41. The average molecular weight is 373 g/mol. The molecule has 0 radical (unpaired) electrons. The van der Waals surface area contributed by atoms with E-state index < -0.39 is 0 Å². The lowest BCUT2D eigenvalue weighted by molar-refractivity contribution is 0.103. The Bertz CT molecular complexity index is 992. The highest BCUT2D eigenvalue weighted by Crippen LogP contribution is 2.25. The van der Waals surface area contributed by atoms with Gasteiger partial charge in [-0.15, -0.1) is 0 Å². The number of benzene rings is 2. The molecular formula is C25H28N2O. The Kier molecular flexibility index (Phi) is 5.45. The maximum absolute atomic E-state index is 13.1. The van der Waals surface area contributed by atoms with Crippen molar-refractivity contribution >= 4 is 16.7 Å². The van der Waals surface area contributed by atoms with Crippen molar-refractivity contribution < 1.29 is 4.79 Å². The lowest BCUT2D eigenvalue weighted by Gasteiger charge is -2.31. The molecule has 28 heavy (non-hydrogen) atoms. The summed E-state index contributed by atoms with van der Waals surface area (Å²) < 4.78 is 2.04. The number of rotatable bonds is 5. The molecule has 2 aromatic carbocycles. The number of fused-ring (bicyclic) bond motifs is 1. The highest BCUT2D eigenvalue weighted by Gasteiger charge is 2.20. The number of carbonyl (C=O) groups excluding carboxylic acids is 1. The van der Waals surface area contributed by atoms with Gasteiger partial charge in [0.1, 0.15) is 0 Å². The van der Waals surface area contributed by atoms with Crippen LogP contribution in [0, 0.1) is 5.92 Å². The largest absolute Gasteiger partial charge is 0.350 e. The summed E-state index contributed by atoms with van der Waals surface area (Å²) in [5, 5.41) is 1.04. The number of hydrogen-bond acceptors (Lipinski definition) is 2. The number of aromatic nitrogens is 1. The third-order valence-electron chi connectivity index (χ3n) is 5.87. The number of Topliss-reactive ketones (excluding diaryl/α,β-unsaturated/α-hetero) is 1. The zero-order chi connectivity index (χ0) is 19.5. The van der Waals surface area contributed by atoms with Gasteiger partial charge in [0, 0.05) is 36.3 Å². The van der Waals surface area contributed by atoms with Gasteiger partial charge in [0.2, 0.25) is 0 Å². The maximum Gasteiger partial charge on any atom is 0.190 e. The quantitative estimate of drug-likeness (QED) is 0.453. The van der Waals surface area contributed by atoms with Gasteiger partial charge in [-0.3, -0.25) is 9.69 Å². The van der Waals surface area contributed by atoms with Crippen molar-refractivity contribution in [1.29, 1.82) is 0 Å². The van der Waals surface area contributed by atoms with E-state index in [1.54, 1.807) is 0 Å². The van der Waals surface area contributed by atoms with Crippen LogP contribution < -0.4 is 0 Å². The number of likely N-dealkylation sites (tertiary alicyclic amines) is 1. The molecule has 1 aliphatic rings. The molecule has 0 spiro atoms. The summed E-state index contributed by atoms with van der Waals surface area (Å²) in [6.45, 7) is 5.17. The van der Waals surface area contributed by atoms with Crippen LogP contribution in [-0.4, -0.2) is 28.3 Å². The zero-order valence-corrected chi connectivity index (χ0v) is 16.8. The first-order valence-electron chi connectivity index (χ1n) is 10.2. The Labute approximate surface area is 167 Å². The fraction of sp³-hybridized carbons (Fsp3) is 0.320. The molecule has 3 nitrogen and oxygen atoms in total. The van der Waals surface area contributed by atoms with E-state index in [-0.39, 0.29) is 5.78 Å². The summed E-state index contributed by atoms with van der Waals surface area (Å²) in [5.41, 5.74) is 4.16. The molecule has 0 amide bonds. The Hall–Kier alpha value is -2.65. The molecule has 1 aliphatic heterocycles. The minimum Gasteiger partial charge on any atom is -0.350 e. The summed E-state index contributed by atoms with van der Waals surface area (Å²) in [4.78, 5) is 15.6. The number of para-hydroxylation sites is 1. The van der Waals surface area contributed by atoms with Crippen molar-refractivity contribution in [1.82, 2.24) is 9.47 Å². The second kappa shape index (κ2) is 8.15. The van der Waals surface area contributed by atoms with Gasteiger partial charge in [-0.05, 0) is 56.0 Å². The van der Waals surface area contributed by atoms with Gasteiger partial charge in [0.25, 0.3) is 0 Å². The van der Waals surface area contributed by atoms with Gasteiger partial charge in [0.05, 0.1) is 0 Å². The van der Waals surface area contributed by atoms with Crippen LogP contribution in [0.3, 0.4) is 0 Å². The maximum atomic E-state index is 13.1. The molecule has 144 valence electrons. The average Bonchev–Trinajstić information content (AvgIpc) is 3.06. The third kappa shape index (κ3) is 3.95. The highest BCUT2D eigenvalue weighted by molar-refractivity contribution is 6.16. The van der Waals surface area contributed by atoms with E-state index in [4.69, 9.17) is 0 Å². The van der Waals surface area contributed by atoms with Crippen LogP contribution in [0.2, 0.25) is 0 Å². The molecule has 0 unspecified atom stereocenters. The third-order valence-corrected chi connectivity index (χ3v) is 5.87. The van der Waals surface area contributed by atoms with Gasteiger partial charge in [-0.25, -0.2) is 0 Å². The standard InChI is InChI=1S/C25H28N2O/c1-19(25(28)23-18-26(2)24-11-7-6-10-22(23)24)16-20-12-14-27(15-13-20)17-21-8-4-3-5-9-21/h3-11,16,18,20H,12-15,17H2,1-2H3. The topological polar surface area (TPSA) is 25.2 Å². The van der Waals surface area contributed by atoms with Crippen molar-refractivity contribution in [2.45, 2.75) is 26.3 Å². The molecule has 0 bridgehead atoms. The molecule has 3 aromatic rings. The molecule has 1 saturated heterocycles. The molecule has 0 atom stereocenters. The minimum absolute atomic E-state index is 0.156. The zero-order valence-electron chi connectivity index (χ0n) is 16.8. The first kappa shape index (κ1) is 18.7. The fourth-order valence-electron chi connectivity index (χ4n) is 4.28.